The van der Waals surface area contributed by atoms with Gasteiger partial charge in [-0.3, -0.25) is 9.59 Å². The first kappa shape index (κ1) is 20.8. The zero-order valence-corrected chi connectivity index (χ0v) is 16.4. The third kappa shape index (κ3) is 6.98. The SMILES string of the molecule is COc1ccc(CCCC(=O)NC(CC(=O)O)c2ccc(SC)cc2)cc1. The minimum atomic E-state index is -0.938. The summed E-state index contributed by atoms with van der Waals surface area (Å²) in [5.41, 5.74) is 1.94. The molecule has 0 fully saturated rings. The Balaban J connectivity index is 1.89. The molecule has 0 bridgehead atoms. The highest BCUT2D eigenvalue weighted by molar-refractivity contribution is 7.98. The summed E-state index contributed by atoms with van der Waals surface area (Å²) in [4.78, 5) is 24.6. The first-order valence-electron chi connectivity index (χ1n) is 8.80. The minimum Gasteiger partial charge on any atom is -0.497 e. The molecular weight excluding hydrogens is 362 g/mol. The second kappa shape index (κ2) is 10.6. The number of carbonyl (C=O) groups is 2. The number of aryl methyl sites for hydroxylation is 1. The van der Waals surface area contributed by atoms with Gasteiger partial charge < -0.3 is 15.2 Å². The predicted molar refractivity (Wildman–Crippen MR) is 107 cm³/mol. The second-order valence-electron chi connectivity index (χ2n) is 6.19. The average molecular weight is 388 g/mol. The molecule has 0 heterocycles. The third-order valence-electron chi connectivity index (χ3n) is 4.26. The van der Waals surface area contributed by atoms with Gasteiger partial charge in [-0.1, -0.05) is 24.3 Å². The number of carboxylic acids is 1. The van der Waals surface area contributed by atoms with Crippen LogP contribution in [0.15, 0.2) is 53.4 Å². The van der Waals surface area contributed by atoms with Crippen molar-refractivity contribution in [2.45, 2.75) is 36.6 Å². The topological polar surface area (TPSA) is 75.6 Å². The molecule has 0 saturated carbocycles. The molecule has 27 heavy (non-hydrogen) atoms. The molecule has 6 heteroatoms. The van der Waals surface area contributed by atoms with Crippen molar-refractivity contribution in [3.63, 3.8) is 0 Å². The molecule has 5 nitrogen and oxygen atoms in total. The Morgan fingerprint density at radius 2 is 1.78 bits per heavy atom. The fraction of sp³-hybridized carbons (Fsp3) is 0.333. The van der Waals surface area contributed by atoms with E-state index in [-0.39, 0.29) is 12.3 Å². The van der Waals surface area contributed by atoms with E-state index in [1.807, 2.05) is 54.8 Å². The summed E-state index contributed by atoms with van der Waals surface area (Å²) in [7, 11) is 1.63. The smallest absolute Gasteiger partial charge is 0.305 e. The second-order valence-corrected chi connectivity index (χ2v) is 7.07. The van der Waals surface area contributed by atoms with Crippen LogP contribution in [0.4, 0.5) is 0 Å². The van der Waals surface area contributed by atoms with Gasteiger partial charge in [0.05, 0.1) is 19.6 Å². The van der Waals surface area contributed by atoms with Gasteiger partial charge in [0.1, 0.15) is 5.75 Å². The van der Waals surface area contributed by atoms with Crippen molar-refractivity contribution in [2.24, 2.45) is 0 Å². The summed E-state index contributed by atoms with van der Waals surface area (Å²) >= 11 is 1.62. The van der Waals surface area contributed by atoms with Crippen LogP contribution in [-0.2, 0) is 16.0 Å². The monoisotopic (exact) mass is 387 g/mol. The van der Waals surface area contributed by atoms with Crippen molar-refractivity contribution in [3.05, 3.63) is 59.7 Å². The molecule has 2 rings (SSSR count). The summed E-state index contributed by atoms with van der Waals surface area (Å²) in [5, 5.41) is 12.0. The van der Waals surface area contributed by atoms with Crippen LogP contribution in [-0.4, -0.2) is 30.3 Å². The first-order valence-corrected chi connectivity index (χ1v) is 10.0. The maximum atomic E-state index is 12.3. The molecule has 0 saturated heterocycles. The zero-order chi connectivity index (χ0) is 19.6. The average Bonchev–Trinajstić information content (AvgIpc) is 2.68. The van der Waals surface area contributed by atoms with Crippen molar-refractivity contribution in [1.82, 2.24) is 5.32 Å². The predicted octanol–water partition coefficient (Wildman–Crippen LogP) is 4.07. The van der Waals surface area contributed by atoms with Gasteiger partial charge >= 0.3 is 5.97 Å². The quantitative estimate of drug-likeness (QED) is 0.601. The molecule has 0 radical (unpaired) electrons. The van der Waals surface area contributed by atoms with E-state index >= 15 is 0 Å². The van der Waals surface area contributed by atoms with Crippen LogP contribution in [0.25, 0.3) is 0 Å². The number of methoxy groups -OCH3 is 1. The number of rotatable bonds is 10. The highest BCUT2D eigenvalue weighted by Gasteiger charge is 2.18. The van der Waals surface area contributed by atoms with E-state index in [0.717, 1.165) is 28.2 Å². The maximum absolute atomic E-state index is 12.3. The van der Waals surface area contributed by atoms with Crippen LogP contribution in [0.3, 0.4) is 0 Å². The summed E-state index contributed by atoms with van der Waals surface area (Å²) in [6, 6.07) is 14.9. The van der Waals surface area contributed by atoms with Gasteiger partial charge in [-0.15, -0.1) is 11.8 Å². The lowest BCUT2D eigenvalue weighted by Gasteiger charge is -2.18. The molecule has 1 unspecified atom stereocenters. The summed E-state index contributed by atoms with van der Waals surface area (Å²) in [6.45, 7) is 0. The Hall–Kier alpha value is -2.47. The molecule has 1 atom stereocenters. The number of aliphatic carboxylic acids is 1. The van der Waals surface area contributed by atoms with Gasteiger partial charge in [-0.2, -0.15) is 0 Å². The van der Waals surface area contributed by atoms with Crippen molar-refractivity contribution < 1.29 is 19.4 Å². The molecule has 0 spiro atoms. The van der Waals surface area contributed by atoms with Crippen molar-refractivity contribution >= 4 is 23.6 Å². The van der Waals surface area contributed by atoms with Gasteiger partial charge in [-0.25, -0.2) is 0 Å². The van der Waals surface area contributed by atoms with Crippen LogP contribution in [0.2, 0.25) is 0 Å². The van der Waals surface area contributed by atoms with Crippen LogP contribution in [0.5, 0.6) is 5.75 Å². The van der Waals surface area contributed by atoms with Crippen LogP contribution < -0.4 is 10.1 Å². The fourth-order valence-electron chi connectivity index (χ4n) is 2.77. The largest absolute Gasteiger partial charge is 0.497 e. The summed E-state index contributed by atoms with van der Waals surface area (Å²) in [6.07, 6.45) is 3.68. The van der Waals surface area contributed by atoms with Gasteiger partial charge in [0.25, 0.3) is 0 Å². The van der Waals surface area contributed by atoms with E-state index in [0.29, 0.717) is 12.8 Å². The normalized spacial score (nSPS) is 11.6. The lowest BCUT2D eigenvalue weighted by atomic mass is 10.0. The fourth-order valence-corrected chi connectivity index (χ4v) is 3.18. The molecule has 0 aliphatic carbocycles. The number of benzene rings is 2. The number of amides is 1. The summed E-state index contributed by atoms with van der Waals surface area (Å²) < 4.78 is 5.13. The van der Waals surface area contributed by atoms with Gasteiger partial charge in [0.15, 0.2) is 0 Å². The van der Waals surface area contributed by atoms with E-state index < -0.39 is 12.0 Å². The van der Waals surface area contributed by atoms with Gasteiger partial charge in [-0.05, 0) is 54.5 Å². The standard InChI is InChI=1S/C21H25NO4S/c1-26-17-10-6-15(7-11-17)4-3-5-20(23)22-19(14-21(24)25)16-8-12-18(27-2)13-9-16/h6-13,19H,3-5,14H2,1-2H3,(H,22,23)(H,24,25). The Morgan fingerprint density at radius 1 is 1.11 bits per heavy atom. The Kier molecular flexibility index (Phi) is 8.20. The highest BCUT2D eigenvalue weighted by Crippen LogP contribution is 2.22. The molecule has 2 aromatic carbocycles. The van der Waals surface area contributed by atoms with Crippen LogP contribution >= 0.6 is 11.8 Å². The van der Waals surface area contributed by atoms with Gasteiger partial charge in [0, 0.05) is 11.3 Å². The molecule has 1 amide bonds. The van der Waals surface area contributed by atoms with E-state index in [2.05, 4.69) is 5.32 Å². The molecule has 0 aliphatic rings. The van der Waals surface area contributed by atoms with Crippen LogP contribution in [0.1, 0.15) is 36.4 Å². The van der Waals surface area contributed by atoms with Crippen molar-refractivity contribution in [3.8, 4) is 5.75 Å². The van der Waals surface area contributed by atoms with Gasteiger partial charge in [0.2, 0.25) is 5.91 Å². The van der Waals surface area contributed by atoms with E-state index in [9.17, 15) is 9.59 Å². The lowest BCUT2D eigenvalue weighted by molar-refractivity contribution is -0.137. The Morgan fingerprint density at radius 3 is 2.33 bits per heavy atom. The molecule has 0 aliphatic heterocycles. The number of nitrogens with one attached hydrogen (secondary N) is 1. The van der Waals surface area contributed by atoms with Crippen molar-refractivity contribution in [2.75, 3.05) is 13.4 Å². The van der Waals surface area contributed by atoms with Crippen molar-refractivity contribution in [1.29, 1.82) is 0 Å². The highest BCUT2D eigenvalue weighted by atomic mass is 32.2. The number of carbonyl (C=O) groups excluding carboxylic acids is 1. The Labute approximate surface area is 164 Å². The number of ether oxygens (including phenoxy) is 1. The zero-order valence-electron chi connectivity index (χ0n) is 15.6. The first-order chi connectivity index (χ1) is 13.0. The van der Waals surface area contributed by atoms with E-state index in [1.165, 1.54) is 0 Å². The van der Waals surface area contributed by atoms with Crippen LogP contribution in [0, 0.1) is 0 Å². The molecule has 144 valence electrons. The molecular formula is C21H25NO4S. The number of hydrogen-bond donors (Lipinski definition) is 2. The summed E-state index contributed by atoms with van der Waals surface area (Å²) in [5.74, 6) is -0.267. The lowest BCUT2D eigenvalue weighted by Crippen LogP contribution is -2.30. The number of hydrogen-bond acceptors (Lipinski definition) is 4. The molecule has 2 aromatic rings. The number of thioether (sulfide) groups is 1. The van der Waals surface area contributed by atoms with E-state index in [1.54, 1.807) is 18.9 Å². The molecule has 0 aromatic heterocycles. The number of carboxylic acid groups (broad SMARTS) is 1. The molecule has 2 N–H and O–H groups in total. The maximum Gasteiger partial charge on any atom is 0.305 e. The minimum absolute atomic E-state index is 0.135. The third-order valence-corrected chi connectivity index (χ3v) is 5.00. The van der Waals surface area contributed by atoms with E-state index in [4.69, 9.17) is 9.84 Å². The Bertz CT molecular complexity index is 744.